The number of rotatable bonds is 5. The predicted molar refractivity (Wildman–Crippen MR) is 116 cm³/mol. The van der Waals surface area contributed by atoms with Crippen LogP contribution < -0.4 is 5.32 Å². The maximum Gasteiger partial charge on any atom is 0.252 e. The van der Waals surface area contributed by atoms with Gasteiger partial charge in [0, 0.05) is 19.3 Å². The normalized spacial score (nSPS) is 17.9. The minimum atomic E-state index is -3.55. The highest BCUT2D eigenvalue weighted by Crippen LogP contribution is 2.28. The van der Waals surface area contributed by atoms with Crippen LogP contribution in [0.4, 0.5) is 5.69 Å². The van der Waals surface area contributed by atoms with Crippen LogP contribution in [0.25, 0.3) is 5.69 Å². The van der Waals surface area contributed by atoms with Crippen molar-refractivity contribution in [3.05, 3.63) is 58.6 Å². The van der Waals surface area contributed by atoms with Gasteiger partial charge < -0.3 is 5.32 Å². The average molecular weight is 495 g/mol. The Morgan fingerprint density at radius 2 is 2.07 bits per heavy atom. The van der Waals surface area contributed by atoms with Gasteiger partial charge in [-0.2, -0.15) is 9.40 Å². The molecule has 4 rings (SSSR count). The molecule has 3 aromatic rings. The van der Waals surface area contributed by atoms with E-state index in [4.69, 9.17) is 0 Å². The maximum absolute atomic E-state index is 12.9. The van der Waals surface area contributed by atoms with Gasteiger partial charge in [0.1, 0.15) is 4.21 Å². The van der Waals surface area contributed by atoms with E-state index in [-0.39, 0.29) is 12.5 Å². The van der Waals surface area contributed by atoms with Crippen LogP contribution >= 0.6 is 27.3 Å². The van der Waals surface area contributed by atoms with Gasteiger partial charge in [0.2, 0.25) is 5.91 Å². The number of piperidine rings is 1. The van der Waals surface area contributed by atoms with Gasteiger partial charge in [-0.1, -0.05) is 18.2 Å². The Labute approximate surface area is 181 Å². The van der Waals surface area contributed by atoms with Crippen LogP contribution in [0, 0.1) is 5.92 Å². The van der Waals surface area contributed by atoms with Gasteiger partial charge in [-0.3, -0.25) is 4.79 Å². The van der Waals surface area contributed by atoms with E-state index in [2.05, 4.69) is 26.3 Å². The summed E-state index contributed by atoms with van der Waals surface area (Å²) >= 11 is 4.57. The van der Waals surface area contributed by atoms with E-state index >= 15 is 0 Å². The Balaban J connectivity index is 1.51. The number of sulfonamides is 1. The molecule has 1 unspecified atom stereocenters. The first-order valence-corrected chi connectivity index (χ1v) is 12.2. The molecule has 0 aliphatic carbocycles. The summed E-state index contributed by atoms with van der Waals surface area (Å²) in [7, 11) is -3.55. The highest BCUT2D eigenvalue weighted by atomic mass is 79.9. The van der Waals surface area contributed by atoms with Gasteiger partial charge >= 0.3 is 0 Å². The summed E-state index contributed by atoms with van der Waals surface area (Å²) in [6.07, 6.45) is 4.78. The van der Waals surface area contributed by atoms with Crippen molar-refractivity contribution in [1.29, 1.82) is 0 Å². The number of anilines is 1. The lowest BCUT2D eigenvalue weighted by Crippen LogP contribution is -2.43. The molecule has 0 saturated carbocycles. The first-order valence-electron chi connectivity index (χ1n) is 9.09. The molecule has 1 aromatic carbocycles. The Kier molecular flexibility index (Phi) is 5.86. The zero-order valence-electron chi connectivity index (χ0n) is 15.4. The molecular weight excluding hydrogens is 476 g/mol. The fraction of sp³-hybridized carbons (Fsp3) is 0.263. The van der Waals surface area contributed by atoms with Gasteiger partial charge in [-0.05, 0) is 52.4 Å². The molecule has 1 N–H and O–H groups in total. The molecule has 1 atom stereocenters. The van der Waals surface area contributed by atoms with Crippen molar-refractivity contribution in [2.24, 2.45) is 5.92 Å². The second kappa shape index (κ2) is 8.39. The third-order valence-corrected chi connectivity index (χ3v) is 8.45. The number of carbonyl (C=O) groups is 1. The van der Waals surface area contributed by atoms with Crippen molar-refractivity contribution in [3.8, 4) is 5.69 Å². The van der Waals surface area contributed by atoms with Gasteiger partial charge in [0.15, 0.2) is 0 Å². The average Bonchev–Trinajstić information content (AvgIpc) is 3.41. The summed E-state index contributed by atoms with van der Waals surface area (Å²) in [5.74, 6) is -0.592. The minimum absolute atomic E-state index is 0.182. The molecule has 0 radical (unpaired) electrons. The molecular formula is C19H19BrN4O3S2. The fourth-order valence-corrected chi connectivity index (χ4v) is 6.31. The lowest BCUT2D eigenvalue weighted by Gasteiger charge is -2.31. The third kappa shape index (κ3) is 4.30. The van der Waals surface area contributed by atoms with Crippen LogP contribution in [0.1, 0.15) is 12.8 Å². The molecule has 1 saturated heterocycles. The summed E-state index contributed by atoms with van der Waals surface area (Å²) in [4.78, 5) is 12.9. The molecule has 152 valence electrons. The number of aromatic nitrogens is 2. The van der Waals surface area contributed by atoms with E-state index in [1.54, 1.807) is 34.6 Å². The number of carbonyl (C=O) groups excluding carboxylic acids is 1. The Bertz CT molecular complexity index is 1110. The lowest BCUT2D eigenvalue weighted by atomic mass is 9.98. The predicted octanol–water partition coefficient (Wildman–Crippen LogP) is 3.74. The molecule has 10 heteroatoms. The SMILES string of the molecule is O=C(Nc1ccccc1-n1cc(Br)cn1)C1CCCN(S(=O)(=O)c2cccs2)C1. The van der Waals surface area contributed by atoms with Crippen molar-refractivity contribution in [1.82, 2.24) is 14.1 Å². The topological polar surface area (TPSA) is 84.3 Å². The van der Waals surface area contributed by atoms with Crippen molar-refractivity contribution >= 4 is 48.9 Å². The molecule has 2 aromatic heterocycles. The largest absolute Gasteiger partial charge is 0.324 e. The second-order valence-electron chi connectivity index (χ2n) is 6.74. The summed E-state index contributed by atoms with van der Waals surface area (Å²) < 4.78 is 29.9. The lowest BCUT2D eigenvalue weighted by molar-refractivity contribution is -0.120. The van der Waals surface area contributed by atoms with Crippen molar-refractivity contribution in [3.63, 3.8) is 0 Å². The molecule has 1 amide bonds. The smallest absolute Gasteiger partial charge is 0.252 e. The number of halogens is 1. The third-order valence-electron chi connectivity index (χ3n) is 4.80. The number of nitrogens with zero attached hydrogens (tertiary/aromatic N) is 3. The standard InChI is InChI=1S/C19H19BrN4O3S2/c20-15-11-21-24(13-15)17-7-2-1-6-16(17)22-19(25)14-5-3-9-23(12-14)29(26,27)18-8-4-10-28-18/h1-2,4,6-8,10-11,13-14H,3,5,9,12H2,(H,22,25). The zero-order chi connectivity index (χ0) is 20.4. The van der Waals surface area contributed by atoms with Crippen LogP contribution in [-0.4, -0.2) is 41.5 Å². The monoisotopic (exact) mass is 494 g/mol. The highest BCUT2D eigenvalue weighted by Gasteiger charge is 2.34. The van der Waals surface area contributed by atoms with Crippen LogP contribution in [0.15, 0.2) is 62.9 Å². The first kappa shape index (κ1) is 20.3. The van der Waals surface area contributed by atoms with E-state index in [1.165, 1.54) is 15.6 Å². The number of hydrogen-bond acceptors (Lipinski definition) is 5. The Morgan fingerprint density at radius 1 is 1.24 bits per heavy atom. The van der Waals surface area contributed by atoms with E-state index < -0.39 is 15.9 Å². The van der Waals surface area contributed by atoms with E-state index in [0.717, 1.165) is 10.2 Å². The number of nitrogens with one attached hydrogen (secondary N) is 1. The Hall–Kier alpha value is -2.01. The van der Waals surface area contributed by atoms with Gasteiger partial charge in [-0.25, -0.2) is 13.1 Å². The molecule has 0 spiro atoms. The van der Waals surface area contributed by atoms with Gasteiger partial charge in [0.25, 0.3) is 10.0 Å². The van der Waals surface area contributed by atoms with Crippen LogP contribution in [-0.2, 0) is 14.8 Å². The van der Waals surface area contributed by atoms with Crippen molar-refractivity contribution in [2.75, 3.05) is 18.4 Å². The van der Waals surface area contributed by atoms with Gasteiger partial charge in [-0.15, -0.1) is 11.3 Å². The summed E-state index contributed by atoms with van der Waals surface area (Å²) in [6.45, 7) is 0.615. The number of benzene rings is 1. The second-order valence-corrected chi connectivity index (χ2v) is 10.8. The van der Waals surface area contributed by atoms with E-state index in [9.17, 15) is 13.2 Å². The first-order chi connectivity index (χ1) is 13.9. The number of thiophene rings is 1. The fourth-order valence-electron chi connectivity index (χ4n) is 3.36. The molecule has 3 heterocycles. The highest BCUT2D eigenvalue weighted by molar-refractivity contribution is 9.10. The summed E-state index contributed by atoms with van der Waals surface area (Å²) in [5, 5.41) is 8.97. The van der Waals surface area contributed by atoms with Crippen molar-refractivity contribution in [2.45, 2.75) is 17.1 Å². The number of hydrogen-bond donors (Lipinski definition) is 1. The van der Waals surface area contributed by atoms with Crippen molar-refractivity contribution < 1.29 is 13.2 Å². The molecule has 29 heavy (non-hydrogen) atoms. The molecule has 1 aliphatic rings. The van der Waals surface area contributed by atoms with E-state index in [1.807, 2.05) is 24.3 Å². The van der Waals surface area contributed by atoms with Crippen LogP contribution in [0.5, 0.6) is 0 Å². The molecule has 1 fully saturated rings. The maximum atomic E-state index is 12.9. The quantitative estimate of drug-likeness (QED) is 0.585. The summed E-state index contributed by atoms with van der Waals surface area (Å²) in [6, 6.07) is 10.7. The number of para-hydroxylation sites is 2. The summed E-state index contributed by atoms with van der Waals surface area (Å²) in [5.41, 5.74) is 1.37. The van der Waals surface area contributed by atoms with Gasteiger partial charge in [0.05, 0.1) is 28.0 Å². The molecule has 0 bridgehead atoms. The van der Waals surface area contributed by atoms with Crippen LogP contribution in [0.2, 0.25) is 0 Å². The molecule has 1 aliphatic heterocycles. The van der Waals surface area contributed by atoms with E-state index in [0.29, 0.717) is 29.3 Å². The molecule has 7 nitrogen and oxygen atoms in total. The van der Waals surface area contributed by atoms with Crippen LogP contribution in [0.3, 0.4) is 0 Å². The number of amides is 1. The Morgan fingerprint density at radius 3 is 2.79 bits per heavy atom. The minimum Gasteiger partial charge on any atom is -0.324 e. The zero-order valence-corrected chi connectivity index (χ0v) is 18.6.